The molecule has 712 valence electrons. The number of esters is 3. The number of carbonyl (C=O) groups excluding carboxylic acids is 3. The summed E-state index contributed by atoms with van der Waals surface area (Å²) in [6.45, 7) is 2.38. The molecule has 0 spiro atoms. The lowest BCUT2D eigenvalue weighted by Gasteiger charge is -2.21. The van der Waals surface area contributed by atoms with E-state index in [1.54, 1.807) is 0 Å². The normalized spacial score (nSPS) is 14.6. The monoisotopic (exact) mass is 1780 g/mol. The molecule has 0 radical (unpaired) electrons. The number of carbonyl (C=O) groups is 3. The highest BCUT2D eigenvalue weighted by Gasteiger charge is 2.30. The Kier molecular flexibility index (Phi) is 92.6. The zero-order chi connectivity index (χ0) is 90.7. The van der Waals surface area contributed by atoms with E-state index in [0.717, 1.165) is 199 Å². The van der Waals surface area contributed by atoms with Gasteiger partial charge < -0.3 is 34.2 Å². The van der Waals surface area contributed by atoms with E-state index in [0.29, 0.717) is 19.3 Å². The van der Waals surface area contributed by atoms with Crippen LogP contribution in [-0.2, 0) is 55.8 Å². The molecule has 5 unspecified atom stereocenters. The zero-order valence-corrected chi connectivity index (χ0v) is 80.5. The van der Waals surface area contributed by atoms with Crippen LogP contribution in [0.15, 0.2) is 207 Å². The lowest BCUT2D eigenvalue weighted by Crippen LogP contribution is -2.30. The van der Waals surface area contributed by atoms with Crippen molar-refractivity contribution in [2.24, 2.45) is 0 Å². The summed E-state index contributed by atoms with van der Waals surface area (Å²) in [5, 5.41) is 20.8. The average molecular weight is 1780 g/mol. The van der Waals surface area contributed by atoms with Crippen molar-refractivity contribution < 1.29 is 75.8 Å². The van der Waals surface area contributed by atoms with Gasteiger partial charge in [0.2, 0.25) is 0 Å². The van der Waals surface area contributed by atoms with E-state index in [4.69, 9.17) is 32.3 Å². The standard InChI is InChI=1S/C107H178O16P2/c1-4-7-10-13-16-19-22-25-28-31-34-37-40-43-45-47-49-50-52-54-55-58-60-63-66-69-72-75-78-81-84-87-90-93-105(110)117-96-102(108)97-119-124(113,114)120-98-103(109)99-121-125(115,116)122-101-104(123-107(112)95-92-89-86-83-80-77-74-71-68-65-62-57-42-39-36-33-30-27-24-21-18-15-12-9-6-3)100-118-106(111)94-91-88-85-82-79-76-73-70-67-64-61-59-56-53-51-48-46-44-41-38-35-32-29-26-23-20-17-14-11-8-5-2/h7-12,16-21,25-30,34-39,43-46,49-51,53,57,62,102-104,108-109H,4-6,13-15,22-24,31-33,40-42,47-48,52,54-56,58-61,63-101H2,1-3H3,(H,113,114)(H,115,116)/b10-7-,11-8-,12-9-,19-16-,20-17-,21-18-,28-25-,29-26-,30-27-,37-34-,38-35-,39-36-,45-43-,46-44-,50-49-,53-51-,62-57-. The second-order valence-corrected chi connectivity index (χ2v) is 35.3. The Bertz CT molecular complexity index is 3100. The van der Waals surface area contributed by atoms with Crippen LogP contribution in [0.1, 0.15) is 393 Å². The number of aliphatic hydroxyl groups excluding tert-OH is 2. The minimum atomic E-state index is -4.95. The van der Waals surface area contributed by atoms with Gasteiger partial charge in [0.1, 0.15) is 25.4 Å². The molecule has 18 heteroatoms. The second-order valence-electron chi connectivity index (χ2n) is 32.4. The predicted octanol–water partition coefficient (Wildman–Crippen LogP) is 31.1. The molecule has 0 aromatic carbocycles. The first-order valence-corrected chi connectivity index (χ1v) is 52.4. The van der Waals surface area contributed by atoms with Crippen LogP contribution in [0.2, 0.25) is 0 Å². The molecule has 0 rings (SSSR count). The molecule has 0 fully saturated rings. The lowest BCUT2D eigenvalue weighted by atomic mass is 10.0. The fraction of sp³-hybridized carbons (Fsp3) is 0.654. The first kappa shape index (κ1) is 119. The van der Waals surface area contributed by atoms with Gasteiger partial charge in [0.15, 0.2) is 6.10 Å². The Hall–Kier alpha value is -5.87. The summed E-state index contributed by atoms with van der Waals surface area (Å²) in [7, 11) is -9.83. The van der Waals surface area contributed by atoms with Gasteiger partial charge in [0.05, 0.1) is 26.4 Å². The maximum Gasteiger partial charge on any atom is 0.472 e. The van der Waals surface area contributed by atoms with Gasteiger partial charge in [-0.05, 0) is 167 Å². The molecule has 4 N–H and O–H groups in total. The van der Waals surface area contributed by atoms with Crippen molar-refractivity contribution >= 4 is 33.6 Å². The van der Waals surface area contributed by atoms with Crippen LogP contribution in [0.25, 0.3) is 0 Å². The maximum atomic E-state index is 13.1. The van der Waals surface area contributed by atoms with Gasteiger partial charge >= 0.3 is 33.6 Å². The second kappa shape index (κ2) is 97.2. The molecule has 16 nitrogen and oxygen atoms in total. The molecule has 0 bridgehead atoms. The largest absolute Gasteiger partial charge is 0.472 e. The number of ether oxygens (including phenoxy) is 3. The Morgan fingerprint density at radius 2 is 0.400 bits per heavy atom. The number of unbranched alkanes of at least 4 members (excludes halogenated alkanes) is 35. The van der Waals surface area contributed by atoms with Gasteiger partial charge in [-0.15, -0.1) is 0 Å². The van der Waals surface area contributed by atoms with E-state index in [1.165, 1.54) is 135 Å². The topological polar surface area (TPSA) is 231 Å². The Morgan fingerprint density at radius 1 is 0.224 bits per heavy atom. The van der Waals surface area contributed by atoms with Gasteiger partial charge in [-0.3, -0.25) is 32.5 Å². The molecule has 0 aliphatic heterocycles. The summed E-state index contributed by atoms with van der Waals surface area (Å²) in [5.41, 5.74) is 0. The Morgan fingerprint density at radius 3 is 0.632 bits per heavy atom. The van der Waals surface area contributed by atoms with E-state index in [1.807, 2.05) is 0 Å². The molecule has 5 atom stereocenters. The van der Waals surface area contributed by atoms with E-state index < -0.39 is 91.5 Å². The van der Waals surface area contributed by atoms with Gasteiger partial charge in [0.25, 0.3) is 0 Å². The van der Waals surface area contributed by atoms with Crippen LogP contribution in [0.3, 0.4) is 0 Å². The third-order valence-corrected chi connectivity index (χ3v) is 22.4. The molecular formula is C107H178O16P2. The number of hydrogen-bond acceptors (Lipinski definition) is 14. The van der Waals surface area contributed by atoms with Crippen LogP contribution < -0.4 is 0 Å². The number of hydrogen-bond donors (Lipinski definition) is 4. The van der Waals surface area contributed by atoms with Crippen LogP contribution >= 0.6 is 15.6 Å². The van der Waals surface area contributed by atoms with Gasteiger partial charge in [-0.2, -0.15) is 0 Å². The SMILES string of the molecule is CC/C=C\C/C=C\C/C=C\C/C=C\C/C=C\C/C=C\CCCCCCCCCCCCCCCCC(=O)OCC(O)COP(=O)(O)OCC(O)COP(=O)(O)OCC(COC(=O)CCCCCCCCCCCCCC/C=C\C/C=C\C/C=C\C/C=C\C/C=C\C/C=C\CC)OC(=O)CCCCCCCCCCC/C=C\C/C=C\C/C=C\C/C=C\C/C=C\CC. The summed E-state index contributed by atoms with van der Waals surface area (Å²) >= 11 is 0. The minimum absolute atomic E-state index is 0.0907. The van der Waals surface area contributed by atoms with Crippen LogP contribution in [0.4, 0.5) is 0 Å². The van der Waals surface area contributed by atoms with E-state index in [-0.39, 0.29) is 19.3 Å². The van der Waals surface area contributed by atoms with Crippen molar-refractivity contribution in [3.8, 4) is 0 Å². The fourth-order valence-electron chi connectivity index (χ4n) is 13.1. The molecule has 0 amide bonds. The third kappa shape index (κ3) is 98.6. The first-order chi connectivity index (χ1) is 61.2. The third-order valence-electron chi connectivity index (χ3n) is 20.5. The summed E-state index contributed by atoms with van der Waals surface area (Å²) < 4.78 is 61.6. The van der Waals surface area contributed by atoms with Crippen molar-refractivity contribution in [1.82, 2.24) is 0 Å². The predicted molar refractivity (Wildman–Crippen MR) is 527 cm³/mol. The summed E-state index contributed by atoms with van der Waals surface area (Å²) in [5.74, 6) is -1.58. The van der Waals surface area contributed by atoms with E-state index in [2.05, 4.69) is 227 Å². The maximum absolute atomic E-state index is 13.1. The van der Waals surface area contributed by atoms with E-state index >= 15 is 0 Å². The van der Waals surface area contributed by atoms with E-state index in [9.17, 15) is 43.5 Å². The van der Waals surface area contributed by atoms with Gasteiger partial charge in [0, 0.05) is 19.3 Å². The molecule has 0 heterocycles. The number of aliphatic hydroxyl groups is 2. The van der Waals surface area contributed by atoms with Crippen LogP contribution in [-0.4, -0.2) is 95.9 Å². The van der Waals surface area contributed by atoms with Crippen LogP contribution in [0.5, 0.6) is 0 Å². The summed E-state index contributed by atoms with van der Waals surface area (Å²) in [4.78, 5) is 59.2. The van der Waals surface area contributed by atoms with Crippen molar-refractivity contribution in [3.63, 3.8) is 0 Å². The molecule has 0 saturated heterocycles. The number of phosphoric ester groups is 2. The van der Waals surface area contributed by atoms with Crippen molar-refractivity contribution in [2.45, 2.75) is 411 Å². The first-order valence-electron chi connectivity index (χ1n) is 49.4. The van der Waals surface area contributed by atoms with Crippen LogP contribution in [0, 0.1) is 0 Å². The lowest BCUT2D eigenvalue weighted by molar-refractivity contribution is -0.161. The highest BCUT2D eigenvalue weighted by molar-refractivity contribution is 7.47. The Labute approximate surface area is 762 Å². The highest BCUT2D eigenvalue weighted by atomic mass is 31.2. The molecule has 0 aromatic heterocycles. The van der Waals surface area contributed by atoms with Gasteiger partial charge in [-0.1, -0.05) is 414 Å². The molecule has 125 heavy (non-hydrogen) atoms. The molecule has 0 aliphatic rings. The van der Waals surface area contributed by atoms with Crippen molar-refractivity contribution in [2.75, 3.05) is 39.6 Å². The highest BCUT2D eigenvalue weighted by Crippen LogP contribution is 2.45. The van der Waals surface area contributed by atoms with Crippen molar-refractivity contribution in [1.29, 1.82) is 0 Å². The molecule has 0 saturated carbocycles. The fourth-order valence-corrected chi connectivity index (χ4v) is 14.7. The molecule has 0 aliphatic carbocycles. The smallest absolute Gasteiger partial charge is 0.463 e. The number of phosphoric acid groups is 2. The number of allylic oxidation sites excluding steroid dienone is 34. The van der Waals surface area contributed by atoms with Gasteiger partial charge in [-0.25, -0.2) is 9.13 Å². The number of rotatable bonds is 92. The molecule has 0 aromatic rings. The summed E-state index contributed by atoms with van der Waals surface area (Å²) in [6, 6.07) is 0. The quantitative estimate of drug-likeness (QED) is 0.0146. The van der Waals surface area contributed by atoms with Crippen molar-refractivity contribution in [3.05, 3.63) is 207 Å². The zero-order valence-electron chi connectivity index (χ0n) is 78.7. The summed E-state index contributed by atoms with van der Waals surface area (Å²) in [6.07, 6.45) is 132. The molecular weight excluding hydrogens is 1600 g/mol. The average Bonchev–Trinajstić information content (AvgIpc) is 0.902. The Balaban J connectivity index is 4.63. The minimum Gasteiger partial charge on any atom is -0.463 e.